The normalized spacial score (nSPS) is 15.2. The summed E-state index contributed by atoms with van der Waals surface area (Å²) in [5.74, 6) is 0.425. The van der Waals surface area contributed by atoms with Crippen molar-refractivity contribution < 1.29 is 18.7 Å². The fraction of sp³-hybridized carbons (Fsp3) is 0.360. The minimum Gasteiger partial charge on any atom is -0.497 e. The number of ether oxygens (including phenoxy) is 1. The first-order valence-corrected chi connectivity index (χ1v) is 11.8. The van der Waals surface area contributed by atoms with Gasteiger partial charge in [-0.2, -0.15) is 0 Å². The van der Waals surface area contributed by atoms with Gasteiger partial charge in [0.1, 0.15) is 11.8 Å². The molecule has 168 valence electrons. The van der Waals surface area contributed by atoms with Crippen molar-refractivity contribution in [2.24, 2.45) is 0 Å². The second kappa shape index (κ2) is 10.5. The van der Waals surface area contributed by atoms with Gasteiger partial charge in [-0.15, -0.1) is 11.3 Å². The van der Waals surface area contributed by atoms with Crippen molar-refractivity contribution in [1.29, 1.82) is 0 Å². The molecule has 4 rings (SSSR count). The van der Waals surface area contributed by atoms with E-state index in [-0.39, 0.29) is 23.6 Å². The zero-order chi connectivity index (χ0) is 22.3. The van der Waals surface area contributed by atoms with Crippen molar-refractivity contribution in [2.75, 3.05) is 7.11 Å². The maximum atomic E-state index is 13.6. The summed E-state index contributed by atoms with van der Waals surface area (Å²) in [4.78, 5) is 29.7. The average Bonchev–Trinajstić information content (AvgIpc) is 3.54. The van der Waals surface area contributed by atoms with Crippen LogP contribution in [0.3, 0.4) is 0 Å². The summed E-state index contributed by atoms with van der Waals surface area (Å²) in [6.07, 6.45) is 6.85. The Hall–Kier alpha value is -3.06. The molecule has 1 fully saturated rings. The van der Waals surface area contributed by atoms with Crippen LogP contribution in [0.25, 0.3) is 0 Å². The zero-order valence-corrected chi connectivity index (χ0v) is 19.0. The van der Waals surface area contributed by atoms with E-state index in [0.717, 1.165) is 36.1 Å². The average molecular weight is 453 g/mol. The molecule has 32 heavy (non-hydrogen) atoms. The molecular weight excluding hydrogens is 424 g/mol. The lowest BCUT2D eigenvalue weighted by Gasteiger charge is -2.32. The number of amides is 2. The summed E-state index contributed by atoms with van der Waals surface area (Å²) in [6.45, 7) is 0.311. The van der Waals surface area contributed by atoms with E-state index in [1.54, 1.807) is 35.5 Å². The second-order valence-corrected chi connectivity index (χ2v) is 9.04. The molecule has 1 atom stereocenters. The quantitative estimate of drug-likeness (QED) is 0.511. The molecule has 1 N–H and O–H groups in total. The van der Waals surface area contributed by atoms with Crippen LogP contribution in [-0.2, 0) is 11.3 Å². The molecule has 1 aromatic carbocycles. The number of methoxy groups -OCH3 is 1. The number of carbonyl (C=O) groups is 2. The van der Waals surface area contributed by atoms with Crippen LogP contribution in [-0.4, -0.2) is 29.9 Å². The predicted molar refractivity (Wildman–Crippen MR) is 124 cm³/mol. The van der Waals surface area contributed by atoms with E-state index >= 15 is 0 Å². The number of rotatable bonds is 8. The van der Waals surface area contributed by atoms with E-state index in [1.807, 2.05) is 41.8 Å². The highest BCUT2D eigenvalue weighted by molar-refractivity contribution is 7.09. The zero-order valence-electron chi connectivity index (χ0n) is 18.2. The molecule has 3 aromatic rings. The molecule has 7 heteroatoms. The van der Waals surface area contributed by atoms with Crippen molar-refractivity contribution in [3.63, 3.8) is 0 Å². The van der Waals surface area contributed by atoms with Crippen molar-refractivity contribution in [3.05, 3.63) is 76.4 Å². The van der Waals surface area contributed by atoms with Crippen LogP contribution in [0.15, 0.2) is 64.6 Å². The van der Waals surface area contributed by atoms with Crippen molar-refractivity contribution in [1.82, 2.24) is 10.2 Å². The van der Waals surface area contributed by atoms with Gasteiger partial charge in [0.2, 0.25) is 5.91 Å². The maximum Gasteiger partial charge on any atom is 0.290 e. The van der Waals surface area contributed by atoms with E-state index in [0.29, 0.717) is 12.3 Å². The standard InChI is InChI=1S/C25H28N2O4S/c1-30-20-13-11-18(12-14-20)23(24(28)26-19-7-3-2-4-8-19)27(17-21-9-6-16-32-21)25(29)22-10-5-15-31-22/h5-6,9-16,19,23H,2-4,7-8,17H2,1H3,(H,26,28)/t23-/m1/s1. The van der Waals surface area contributed by atoms with Gasteiger partial charge in [0.15, 0.2) is 5.76 Å². The minimum atomic E-state index is -0.789. The van der Waals surface area contributed by atoms with Crippen LogP contribution in [0, 0.1) is 0 Å². The van der Waals surface area contributed by atoms with Gasteiger partial charge in [0, 0.05) is 10.9 Å². The van der Waals surface area contributed by atoms with Crippen molar-refractivity contribution >= 4 is 23.2 Å². The SMILES string of the molecule is COc1ccc([C@H](C(=O)NC2CCCCC2)N(Cc2cccs2)C(=O)c2ccco2)cc1. The number of carbonyl (C=O) groups excluding carboxylic acids is 2. The molecule has 0 bridgehead atoms. The summed E-state index contributed by atoms with van der Waals surface area (Å²) in [5.41, 5.74) is 0.732. The van der Waals surface area contributed by atoms with Gasteiger partial charge in [-0.3, -0.25) is 9.59 Å². The Morgan fingerprint density at radius 3 is 2.53 bits per heavy atom. The summed E-state index contributed by atoms with van der Waals surface area (Å²) < 4.78 is 10.7. The molecule has 6 nitrogen and oxygen atoms in total. The molecule has 0 saturated heterocycles. The summed E-state index contributed by atoms with van der Waals surface area (Å²) in [7, 11) is 1.60. The highest BCUT2D eigenvalue weighted by Gasteiger charge is 2.34. The summed E-state index contributed by atoms with van der Waals surface area (Å²) in [6, 6.07) is 13.9. The fourth-order valence-corrected chi connectivity index (χ4v) is 4.88. The molecule has 1 aliphatic carbocycles. The molecule has 2 heterocycles. The lowest BCUT2D eigenvalue weighted by Crippen LogP contribution is -2.46. The van der Waals surface area contributed by atoms with Crippen molar-refractivity contribution in [2.45, 2.75) is 50.7 Å². The molecule has 1 saturated carbocycles. The first-order valence-electron chi connectivity index (χ1n) is 11.0. The van der Waals surface area contributed by atoms with Gasteiger partial charge in [0.05, 0.1) is 19.9 Å². The molecule has 0 radical (unpaired) electrons. The van der Waals surface area contributed by atoms with Crippen LogP contribution in [0.1, 0.15) is 59.1 Å². The summed E-state index contributed by atoms with van der Waals surface area (Å²) >= 11 is 1.56. The van der Waals surface area contributed by atoms with E-state index in [4.69, 9.17) is 9.15 Å². The Morgan fingerprint density at radius 2 is 1.91 bits per heavy atom. The fourth-order valence-electron chi connectivity index (χ4n) is 4.18. The van der Waals surface area contributed by atoms with Gasteiger partial charge in [-0.05, 0) is 54.1 Å². The third-order valence-electron chi connectivity index (χ3n) is 5.84. The van der Waals surface area contributed by atoms with E-state index < -0.39 is 6.04 Å². The number of hydrogen-bond donors (Lipinski definition) is 1. The Morgan fingerprint density at radius 1 is 1.12 bits per heavy atom. The number of furan rings is 1. The smallest absolute Gasteiger partial charge is 0.290 e. The van der Waals surface area contributed by atoms with Gasteiger partial charge in [-0.25, -0.2) is 0 Å². The van der Waals surface area contributed by atoms with Gasteiger partial charge in [-0.1, -0.05) is 37.5 Å². The Labute approximate surface area is 192 Å². The number of nitrogens with one attached hydrogen (secondary N) is 1. The van der Waals surface area contributed by atoms with Gasteiger partial charge in [0.25, 0.3) is 5.91 Å². The van der Waals surface area contributed by atoms with Crippen LogP contribution in [0.5, 0.6) is 5.75 Å². The maximum absolute atomic E-state index is 13.6. The van der Waals surface area contributed by atoms with Gasteiger partial charge >= 0.3 is 0 Å². The minimum absolute atomic E-state index is 0.138. The highest BCUT2D eigenvalue weighted by Crippen LogP contribution is 2.29. The first-order chi connectivity index (χ1) is 15.7. The molecule has 0 unspecified atom stereocenters. The third-order valence-corrected chi connectivity index (χ3v) is 6.70. The number of nitrogens with zero attached hydrogens (tertiary/aromatic N) is 1. The second-order valence-electron chi connectivity index (χ2n) is 8.01. The Bertz CT molecular complexity index is 993. The molecular formula is C25H28N2O4S. The van der Waals surface area contributed by atoms with Crippen LogP contribution in [0.2, 0.25) is 0 Å². The van der Waals surface area contributed by atoms with Gasteiger partial charge < -0.3 is 19.4 Å². The van der Waals surface area contributed by atoms with E-state index in [9.17, 15) is 9.59 Å². The van der Waals surface area contributed by atoms with E-state index in [1.165, 1.54) is 12.7 Å². The van der Waals surface area contributed by atoms with Crippen LogP contribution in [0.4, 0.5) is 0 Å². The van der Waals surface area contributed by atoms with Crippen LogP contribution < -0.4 is 10.1 Å². The van der Waals surface area contributed by atoms with E-state index in [2.05, 4.69) is 5.32 Å². The molecule has 0 aliphatic heterocycles. The topological polar surface area (TPSA) is 71.8 Å². The molecule has 2 aromatic heterocycles. The summed E-state index contributed by atoms with van der Waals surface area (Å²) in [5, 5.41) is 5.18. The highest BCUT2D eigenvalue weighted by atomic mass is 32.1. The number of benzene rings is 1. The molecule has 2 amide bonds. The molecule has 1 aliphatic rings. The number of hydrogen-bond acceptors (Lipinski definition) is 5. The predicted octanol–water partition coefficient (Wildman–Crippen LogP) is 5.18. The first kappa shape index (κ1) is 22.1. The number of thiophene rings is 1. The Balaban J connectivity index is 1.70. The third kappa shape index (κ3) is 5.22. The largest absolute Gasteiger partial charge is 0.497 e. The molecule has 0 spiro atoms. The monoisotopic (exact) mass is 452 g/mol. The Kier molecular flexibility index (Phi) is 7.27. The lowest BCUT2D eigenvalue weighted by atomic mass is 9.94. The van der Waals surface area contributed by atoms with Crippen molar-refractivity contribution in [3.8, 4) is 5.75 Å². The lowest BCUT2D eigenvalue weighted by molar-refractivity contribution is -0.127. The van der Waals surface area contributed by atoms with Crippen LogP contribution >= 0.6 is 11.3 Å².